The average Bonchev–Trinajstić information content (AvgIpc) is 2.66. The van der Waals surface area contributed by atoms with E-state index in [1.165, 1.54) is 23.1 Å². The van der Waals surface area contributed by atoms with Crippen LogP contribution >= 0.6 is 0 Å². The summed E-state index contributed by atoms with van der Waals surface area (Å²) in [5, 5.41) is 21.7. The highest BCUT2D eigenvalue weighted by molar-refractivity contribution is 5.68. The second-order valence-electron chi connectivity index (χ2n) is 3.19. The largest absolute Gasteiger partial charge is 0.508 e. The number of rotatable bonds is 3. The van der Waals surface area contributed by atoms with Crippen molar-refractivity contribution in [2.24, 2.45) is 0 Å². The van der Waals surface area contributed by atoms with E-state index in [-0.39, 0.29) is 18.0 Å². The molecule has 0 bridgehead atoms. The van der Waals surface area contributed by atoms with E-state index in [1.54, 1.807) is 12.1 Å². The number of phenols is 1. The third-order valence-electron chi connectivity index (χ3n) is 1.96. The molecule has 0 fully saturated rings. The number of carboxylic acids is 1. The van der Waals surface area contributed by atoms with E-state index in [1.807, 2.05) is 0 Å². The van der Waals surface area contributed by atoms with E-state index in [9.17, 15) is 4.79 Å². The maximum atomic E-state index is 10.4. The summed E-state index contributed by atoms with van der Waals surface area (Å²) >= 11 is 0. The van der Waals surface area contributed by atoms with Crippen molar-refractivity contribution in [1.29, 1.82) is 0 Å². The van der Waals surface area contributed by atoms with E-state index in [0.717, 1.165) is 0 Å². The number of benzene rings is 1. The summed E-state index contributed by atoms with van der Waals surface area (Å²) in [7, 11) is 0. The molecule has 1 aromatic carbocycles. The van der Waals surface area contributed by atoms with Gasteiger partial charge in [0.15, 0.2) is 5.82 Å². The summed E-state index contributed by atoms with van der Waals surface area (Å²) in [5.41, 5.74) is 0.710. The molecule has 0 spiro atoms. The topological polar surface area (TPSA) is 88.2 Å². The minimum atomic E-state index is -0.969. The minimum absolute atomic E-state index is 0.162. The monoisotopic (exact) mass is 219 g/mol. The normalized spacial score (nSPS) is 10.2. The zero-order valence-electron chi connectivity index (χ0n) is 8.24. The van der Waals surface area contributed by atoms with Crippen molar-refractivity contribution in [1.82, 2.24) is 14.8 Å². The van der Waals surface area contributed by atoms with Crippen molar-refractivity contribution in [3.63, 3.8) is 0 Å². The third kappa shape index (κ3) is 2.17. The van der Waals surface area contributed by atoms with E-state index in [0.29, 0.717) is 5.69 Å². The highest BCUT2D eigenvalue weighted by Gasteiger charge is 2.06. The molecule has 2 N–H and O–H groups in total. The molecule has 0 amide bonds. The summed E-state index contributed by atoms with van der Waals surface area (Å²) in [5.74, 6) is -0.557. The fraction of sp³-hybridized carbons (Fsp3) is 0.100. The van der Waals surface area contributed by atoms with Gasteiger partial charge in [0.05, 0.1) is 5.69 Å². The predicted octanol–water partition coefficient (Wildman–Crippen LogP) is 0.600. The highest BCUT2D eigenvalue weighted by atomic mass is 16.4. The molecule has 0 aliphatic carbocycles. The van der Waals surface area contributed by atoms with Crippen molar-refractivity contribution in [2.45, 2.75) is 6.42 Å². The Balaban J connectivity index is 2.24. The van der Waals surface area contributed by atoms with Crippen LogP contribution < -0.4 is 0 Å². The molecule has 2 aromatic rings. The number of carboxylic acid groups (broad SMARTS) is 1. The fourth-order valence-corrected chi connectivity index (χ4v) is 1.24. The Morgan fingerprint density at radius 1 is 1.31 bits per heavy atom. The van der Waals surface area contributed by atoms with Gasteiger partial charge in [-0.2, -0.15) is 5.10 Å². The molecular formula is C10H9N3O3. The maximum Gasteiger partial charge on any atom is 0.311 e. The van der Waals surface area contributed by atoms with E-state index in [2.05, 4.69) is 10.1 Å². The molecule has 0 unspecified atom stereocenters. The smallest absolute Gasteiger partial charge is 0.311 e. The molecule has 1 heterocycles. The summed E-state index contributed by atoms with van der Waals surface area (Å²) < 4.78 is 1.46. The molecule has 2 rings (SSSR count). The lowest BCUT2D eigenvalue weighted by Crippen LogP contribution is -2.03. The Kier molecular flexibility index (Phi) is 2.55. The third-order valence-corrected chi connectivity index (χ3v) is 1.96. The first-order chi connectivity index (χ1) is 7.65. The van der Waals surface area contributed by atoms with E-state index in [4.69, 9.17) is 10.2 Å². The Labute approximate surface area is 90.8 Å². The first kappa shape index (κ1) is 10.2. The number of nitrogens with zero attached hydrogens (tertiary/aromatic N) is 3. The van der Waals surface area contributed by atoms with Gasteiger partial charge in [0.25, 0.3) is 0 Å². The van der Waals surface area contributed by atoms with Gasteiger partial charge >= 0.3 is 5.97 Å². The summed E-state index contributed by atoms with van der Waals surface area (Å²) in [6.07, 6.45) is 1.23. The van der Waals surface area contributed by atoms with Crippen LogP contribution in [0.5, 0.6) is 5.75 Å². The summed E-state index contributed by atoms with van der Waals surface area (Å²) in [6.45, 7) is 0. The van der Waals surface area contributed by atoms with Crippen molar-refractivity contribution in [2.75, 3.05) is 0 Å². The molecular weight excluding hydrogens is 210 g/mol. The lowest BCUT2D eigenvalue weighted by Gasteiger charge is -1.99. The Morgan fingerprint density at radius 3 is 2.62 bits per heavy atom. The minimum Gasteiger partial charge on any atom is -0.508 e. The maximum absolute atomic E-state index is 10.4. The molecule has 1 aromatic heterocycles. The number of hydrogen-bond donors (Lipinski definition) is 2. The van der Waals surface area contributed by atoms with Gasteiger partial charge in [0.2, 0.25) is 0 Å². The molecule has 6 nitrogen and oxygen atoms in total. The second-order valence-corrected chi connectivity index (χ2v) is 3.19. The predicted molar refractivity (Wildman–Crippen MR) is 54.4 cm³/mol. The van der Waals surface area contributed by atoms with Crippen molar-refractivity contribution < 1.29 is 15.0 Å². The number of aromatic hydroxyl groups is 1. The van der Waals surface area contributed by atoms with Crippen LogP contribution in [0, 0.1) is 0 Å². The molecule has 0 atom stereocenters. The first-order valence-electron chi connectivity index (χ1n) is 4.57. The Bertz CT molecular complexity index is 504. The number of phenolic OH excluding ortho intramolecular Hbond substituents is 1. The quantitative estimate of drug-likeness (QED) is 0.789. The lowest BCUT2D eigenvalue weighted by molar-refractivity contribution is -0.136. The molecule has 16 heavy (non-hydrogen) atoms. The van der Waals surface area contributed by atoms with Crippen LogP contribution in [-0.2, 0) is 11.2 Å². The van der Waals surface area contributed by atoms with Gasteiger partial charge in [-0.1, -0.05) is 0 Å². The Hall–Kier alpha value is -2.37. The van der Waals surface area contributed by atoms with Gasteiger partial charge in [-0.15, -0.1) is 0 Å². The van der Waals surface area contributed by atoms with Gasteiger partial charge in [-0.05, 0) is 24.3 Å². The first-order valence-corrected chi connectivity index (χ1v) is 4.57. The van der Waals surface area contributed by atoms with Gasteiger partial charge in [-0.3, -0.25) is 4.79 Å². The molecule has 0 aliphatic heterocycles. The van der Waals surface area contributed by atoms with Gasteiger partial charge in [0, 0.05) is 0 Å². The summed E-state index contributed by atoms with van der Waals surface area (Å²) in [6, 6.07) is 6.37. The number of hydrogen-bond acceptors (Lipinski definition) is 4. The standard InChI is InChI=1S/C10H9N3O3/c14-8-3-1-7(2-4-8)13-6-11-9(12-13)5-10(15)16/h1-4,6,14H,5H2,(H,15,16). The van der Waals surface area contributed by atoms with Crippen molar-refractivity contribution in [3.8, 4) is 11.4 Å². The van der Waals surface area contributed by atoms with E-state index >= 15 is 0 Å². The highest BCUT2D eigenvalue weighted by Crippen LogP contribution is 2.12. The molecule has 0 aliphatic rings. The second kappa shape index (κ2) is 4.01. The average molecular weight is 219 g/mol. The van der Waals surface area contributed by atoms with Crippen LogP contribution in [0.1, 0.15) is 5.82 Å². The van der Waals surface area contributed by atoms with Crippen LogP contribution in [0.4, 0.5) is 0 Å². The number of aromatic nitrogens is 3. The zero-order chi connectivity index (χ0) is 11.5. The SMILES string of the molecule is O=C(O)Cc1ncn(-c2ccc(O)cc2)n1. The lowest BCUT2D eigenvalue weighted by atomic mass is 10.3. The van der Waals surface area contributed by atoms with Crippen LogP contribution in [0.25, 0.3) is 5.69 Å². The number of aliphatic carboxylic acids is 1. The van der Waals surface area contributed by atoms with Gasteiger partial charge in [0.1, 0.15) is 18.5 Å². The van der Waals surface area contributed by atoms with Crippen molar-refractivity contribution in [3.05, 3.63) is 36.4 Å². The van der Waals surface area contributed by atoms with Crippen LogP contribution in [0.3, 0.4) is 0 Å². The van der Waals surface area contributed by atoms with E-state index < -0.39 is 5.97 Å². The van der Waals surface area contributed by atoms with Crippen LogP contribution in [0.2, 0.25) is 0 Å². The van der Waals surface area contributed by atoms with Crippen LogP contribution in [0.15, 0.2) is 30.6 Å². The Morgan fingerprint density at radius 2 is 2.00 bits per heavy atom. The van der Waals surface area contributed by atoms with Crippen molar-refractivity contribution >= 4 is 5.97 Å². The van der Waals surface area contributed by atoms with Gasteiger partial charge in [-0.25, -0.2) is 9.67 Å². The molecule has 82 valence electrons. The summed E-state index contributed by atoms with van der Waals surface area (Å²) in [4.78, 5) is 14.3. The molecule has 6 heteroatoms. The van der Waals surface area contributed by atoms with Crippen LogP contribution in [-0.4, -0.2) is 30.9 Å². The fourth-order valence-electron chi connectivity index (χ4n) is 1.24. The molecule has 0 radical (unpaired) electrons. The number of carbonyl (C=O) groups is 1. The molecule has 0 saturated heterocycles. The van der Waals surface area contributed by atoms with Gasteiger partial charge < -0.3 is 10.2 Å². The zero-order valence-corrected chi connectivity index (χ0v) is 8.24. The molecule has 0 saturated carbocycles.